The highest BCUT2D eigenvalue weighted by Crippen LogP contribution is 2.25. The number of rotatable bonds is 6. The summed E-state index contributed by atoms with van der Waals surface area (Å²) in [6, 6.07) is 6.82. The molecule has 0 saturated heterocycles. The van der Waals surface area contributed by atoms with Crippen LogP contribution in [0.5, 0.6) is 0 Å². The molecule has 1 aromatic rings. The standard InChI is InChI=1S/C17H28/c1-6-13(4)14(5)12-17-15(7-2)10-9-11-16(17)8-3/h9-11,13-14H,6-8,12H2,1-5H3. The van der Waals surface area contributed by atoms with Crippen molar-refractivity contribution in [3.8, 4) is 0 Å². The van der Waals surface area contributed by atoms with E-state index in [1.165, 1.54) is 12.8 Å². The van der Waals surface area contributed by atoms with Crippen molar-refractivity contribution in [1.82, 2.24) is 0 Å². The van der Waals surface area contributed by atoms with Crippen molar-refractivity contribution in [1.29, 1.82) is 0 Å². The molecule has 0 fully saturated rings. The van der Waals surface area contributed by atoms with Crippen LogP contribution in [0.4, 0.5) is 0 Å². The maximum absolute atomic E-state index is 2.40. The van der Waals surface area contributed by atoms with Gasteiger partial charge >= 0.3 is 0 Å². The van der Waals surface area contributed by atoms with Crippen molar-refractivity contribution in [2.45, 2.75) is 60.3 Å². The number of hydrogen-bond donors (Lipinski definition) is 0. The molecule has 1 aromatic carbocycles. The Labute approximate surface area is 107 Å². The van der Waals surface area contributed by atoms with Crippen LogP contribution < -0.4 is 0 Å². The third-order valence-corrected chi connectivity index (χ3v) is 4.27. The minimum absolute atomic E-state index is 0.790. The molecule has 0 heteroatoms. The molecular weight excluding hydrogens is 204 g/mol. The van der Waals surface area contributed by atoms with Gasteiger partial charge in [-0.15, -0.1) is 0 Å². The maximum atomic E-state index is 2.40. The molecule has 96 valence electrons. The van der Waals surface area contributed by atoms with Crippen molar-refractivity contribution in [3.63, 3.8) is 0 Å². The first-order valence-corrected chi connectivity index (χ1v) is 7.23. The predicted molar refractivity (Wildman–Crippen MR) is 77.5 cm³/mol. The van der Waals surface area contributed by atoms with Crippen molar-refractivity contribution in [3.05, 3.63) is 34.9 Å². The average Bonchev–Trinajstić information content (AvgIpc) is 2.37. The molecule has 0 bridgehead atoms. The van der Waals surface area contributed by atoms with Crippen LogP contribution in [0.25, 0.3) is 0 Å². The van der Waals surface area contributed by atoms with Crippen LogP contribution in [-0.2, 0) is 19.3 Å². The van der Waals surface area contributed by atoms with Crippen molar-refractivity contribution in [2.24, 2.45) is 11.8 Å². The first-order chi connectivity index (χ1) is 8.13. The molecule has 0 spiro atoms. The monoisotopic (exact) mass is 232 g/mol. The van der Waals surface area contributed by atoms with Crippen LogP contribution in [0.2, 0.25) is 0 Å². The second kappa shape index (κ2) is 6.83. The predicted octanol–water partition coefficient (Wildman–Crippen LogP) is 5.04. The molecule has 0 nitrogen and oxygen atoms in total. The second-order valence-corrected chi connectivity index (χ2v) is 5.33. The van der Waals surface area contributed by atoms with Gasteiger partial charge in [-0.25, -0.2) is 0 Å². The molecule has 1 rings (SSSR count). The Bertz CT molecular complexity index is 316. The van der Waals surface area contributed by atoms with Gasteiger partial charge < -0.3 is 0 Å². The van der Waals surface area contributed by atoms with E-state index in [1.807, 2.05) is 0 Å². The minimum Gasteiger partial charge on any atom is -0.0651 e. The molecule has 0 aliphatic heterocycles. The lowest BCUT2D eigenvalue weighted by atomic mass is 9.84. The molecule has 0 N–H and O–H groups in total. The van der Waals surface area contributed by atoms with Crippen LogP contribution >= 0.6 is 0 Å². The second-order valence-electron chi connectivity index (χ2n) is 5.33. The highest BCUT2D eigenvalue weighted by Gasteiger charge is 2.14. The van der Waals surface area contributed by atoms with Gasteiger partial charge in [0, 0.05) is 0 Å². The summed E-state index contributed by atoms with van der Waals surface area (Å²) in [5.41, 5.74) is 4.74. The Morgan fingerprint density at radius 3 is 1.82 bits per heavy atom. The van der Waals surface area contributed by atoms with E-state index in [0.29, 0.717) is 0 Å². The van der Waals surface area contributed by atoms with E-state index in [1.54, 1.807) is 16.7 Å². The maximum Gasteiger partial charge on any atom is -0.0245 e. The third-order valence-electron chi connectivity index (χ3n) is 4.27. The molecule has 0 radical (unpaired) electrons. The summed E-state index contributed by atoms with van der Waals surface area (Å²) in [7, 11) is 0. The summed E-state index contributed by atoms with van der Waals surface area (Å²) in [5.74, 6) is 1.61. The minimum atomic E-state index is 0.790. The lowest BCUT2D eigenvalue weighted by Crippen LogP contribution is -2.12. The summed E-state index contributed by atoms with van der Waals surface area (Å²) in [5, 5.41) is 0. The van der Waals surface area contributed by atoms with Gasteiger partial charge in [0.1, 0.15) is 0 Å². The number of hydrogen-bond acceptors (Lipinski definition) is 0. The van der Waals surface area contributed by atoms with Crippen LogP contribution in [0, 0.1) is 11.8 Å². The molecule has 2 unspecified atom stereocenters. The average molecular weight is 232 g/mol. The Morgan fingerprint density at radius 2 is 1.41 bits per heavy atom. The molecule has 2 atom stereocenters. The first-order valence-electron chi connectivity index (χ1n) is 7.23. The molecule has 0 aliphatic carbocycles. The zero-order valence-corrected chi connectivity index (χ0v) is 12.2. The van der Waals surface area contributed by atoms with Gasteiger partial charge in [0.05, 0.1) is 0 Å². The fraction of sp³-hybridized carbons (Fsp3) is 0.647. The Kier molecular flexibility index (Phi) is 5.74. The summed E-state index contributed by atoms with van der Waals surface area (Å²) < 4.78 is 0. The van der Waals surface area contributed by atoms with E-state index >= 15 is 0 Å². The highest BCUT2D eigenvalue weighted by atomic mass is 14.2. The van der Waals surface area contributed by atoms with Gasteiger partial charge in [-0.2, -0.15) is 0 Å². The smallest absolute Gasteiger partial charge is 0.0245 e. The SMILES string of the molecule is CCc1cccc(CC)c1CC(C)C(C)CC. The Morgan fingerprint density at radius 1 is 0.882 bits per heavy atom. The van der Waals surface area contributed by atoms with Gasteiger partial charge in [0.15, 0.2) is 0 Å². The van der Waals surface area contributed by atoms with E-state index in [0.717, 1.165) is 24.7 Å². The van der Waals surface area contributed by atoms with Crippen LogP contribution in [0.1, 0.15) is 57.7 Å². The Hall–Kier alpha value is -0.780. The molecule has 0 aliphatic rings. The normalized spacial score (nSPS) is 14.6. The van der Waals surface area contributed by atoms with Crippen molar-refractivity contribution < 1.29 is 0 Å². The van der Waals surface area contributed by atoms with Gasteiger partial charge in [-0.05, 0) is 47.8 Å². The zero-order valence-electron chi connectivity index (χ0n) is 12.2. The van der Waals surface area contributed by atoms with E-state index in [4.69, 9.17) is 0 Å². The quantitative estimate of drug-likeness (QED) is 0.645. The third kappa shape index (κ3) is 3.59. The highest BCUT2D eigenvalue weighted by molar-refractivity contribution is 5.35. The molecule has 0 amide bonds. The number of benzene rings is 1. The summed E-state index contributed by atoms with van der Waals surface area (Å²) in [4.78, 5) is 0. The summed E-state index contributed by atoms with van der Waals surface area (Å²) >= 11 is 0. The van der Waals surface area contributed by atoms with E-state index in [9.17, 15) is 0 Å². The summed E-state index contributed by atoms with van der Waals surface area (Å²) in [6.45, 7) is 11.6. The fourth-order valence-corrected chi connectivity index (χ4v) is 2.54. The van der Waals surface area contributed by atoms with E-state index in [2.05, 4.69) is 52.8 Å². The van der Waals surface area contributed by atoms with Gasteiger partial charge in [0.2, 0.25) is 0 Å². The lowest BCUT2D eigenvalue weighted by Gasteiger charge is -2.22. The van der Waals surface area contributed by atoms with E-state index in [-0.39, 0.29) is 0 Å². The largest absolute Gasteiger partial charge is 0.0651 e. The van der Waals surface area contributed by atoms with Crippen LogP contribution in [0.3, 0.4) is 0 Å². The Balaban J connectivity index is 2.95. The number of aryl methyl sites for hydroxylation is 2. The fourth-order valence-electron chi connectivity index (χ4n) is 2.54. The molecule has 0 saturated carbocycles. The molecule has 17 heavy (non-hydrogen) atoms. The lowest BCUT2D eigenvalue weighted by molar-refractivity contribution is 0.374. The van der Waals surface area contributed by atoms with Crippen LogP contribution in [0.15, 0.2) is 18.2 Å². The molecule has 0 heterocycles. The zero-order chi connectivity index (χ0) is 12.8. The van der Waals surface area contributed by atoms with Gasteiger partial charge in [-0.1, -0.05) is 59.2 Å². The van der Waals surface area contributed by atoms with Gasteiger partial charge in [-0.3, -0.25) is 0 Å². The van der Waals surface area contributed by atoms with Gasteiger partial charge in [0.25, 0.3) is 0 Å². The molecular formula is C17H28. The van der Waals surface area contributed by atoms with Crippen LogP contribution in [-0.4, -0.2) is 0 Å². The van der Waals surface area contributed by atoms with E-state index < -0.39 is 0 Å². The molecule has 0 aromatic heterocycles. The van der Waals surface area contributed by atoms with Crippen molar-refractivity contribution in [2.75, 3.05) is 0 Å². The first kappa shape index (κ1) is 14.3. The van der Waals surface area contributed by atoms with Crippen molar-refractivity contribution >= 4 is 0 Å². The summed E-state index contributed by atoms with van der Waals surface area (Å²) in [6.07, 6.45) is 4.87. The topological polar surface area (TPSA) is 0 Å².